The Bertz CT molecular complexity index is 1480. The molecule has 9 heteroatoms. The standard InChI is InChI=1S/C23H20N4O5/c1-4-32-23(31)20-25-17-11-10-15(19(28)16-12-24-26(3)21(16)29)13(2)18(17)22(30)27(20)14-8-6-5-7-9-14/h5-12,24H,4H2,1-3H3. The van der Waals surface area contributed by atoms with Crippen LogP contribution in [0.15, 0.2) is 58.3 Å². The summed E-state index contributed by atoms with van der Waals surface area (Å²) in [4.78, 5) is 55.8. The van der Waals surface area contributed by atoms with Crippen LogP contribution in [0.5, 0.6) is 0 Å². The summed E-state index contributed by atoms with van der Waals surface area (Å²) in [6.07, 6.45) is 1.33. The molecule has 0 amide bonds. The predicted molar refractivity (Wildman–Crippen MR) is 117 cm³/mol. The number of ether oxygens (including phenoxy) is 1. The fourth-order valence-electron chi connectivity index (χ4n) is 3.60. The van der Waals surface area contributed by atoms with E-state index < -0.39 is 22.9 Å². The number of esters is 1. The van der Waals surface area contributed by atoms with Crippen LogP contribution in [0.1, 0.15) is 39.0 Å². The van der Waals surface area contributed by atoms with E-state index in [0.29, 0.717) is 11.3 Å². The molecule has 9 nitrogen and oxygen atoms in total. The highest BCUT2D eigenvalue weighted by molar-refractivity contribution is 6.11. The molecule has 0 aliphatic rings. The van der Waals surface area contributed by atoms with Gasteiger partial charge in [0.05, 0.1) is 23.2 Å². The largest absolute Gasteiger partial charge is 0.460 e. The quantitative estimate of drug-likeness (QED) is 0.382. The van der Waals surface area contributed by atoms with Crippen LogP contribution in [-0.4, -0.2) is 37.7 Å². The second kappa shape index (κ2) is 8.10. The van der Waals surface area contributed by atoms with Gasteiger partial charge in [0.2, 0.25) is 5.82 Å². The lowest BCUT2D eigenvalue weighted by atomic mass is 9.97. The summed E-state index contributed by atoms with van der Waals surface area (Å²) in [6, 6.07) is 11.6. The Hall–Kier alpha value is -4.27. The molecule has 2 heterocycles. The van der Waals surface area contributed by atoms with Crippen molar-refractivity contribution in [2.45, 2.75) is 13.8 Å². The number of nitrogens with zero attached hydrogens (tertiary/aromatic N) is 3. The highest BCUT2D eigenvalue weighted by Gasteiger charge is 2.24. The SMILES string of the molecule is CCOC(=O)c1nc2ccc(C(=O)c3c[nH]n(C)c3=O)c(C)c2c(=O)n1-c1ccccc1. The van der Waals surface area contributed by atoms with E-state index >= 15 is 0 Å². The van der Waals surface area contributed by atoms with Gasteiger partial charge in [-0.2, -0.15) is 0 Å². The molecule has 4 aromatic rings. The number of aromatic nitrogens is 4. The molecular weight excluding hydrogens is 412 g/mol. The third-order valence-electron chi connectivity index (χ3n) is 5.20. The second-order valence-electron chi connectivity index (χ2n) is 7.14. The number of aryl methyl sites for hydroxylation is 2. The van der Waals surface area contributed by atoms with Gasteiger partial charge in [-0.25, -0.2) is 9.78 Å². The fraction of sp³-hybridized carbons (Fsp3) is 0.174. The Kier molecular flexibility index (Phi) is 5.31. The van der Waals surface area contributed by atoms with E-state index in [2.05, 4.69) is 10.1 Å². The van der Waals surface area contributed by atoms with E-state index in [-0.39, 0.29) is 34.5 Å². The van der Waals surface area contributed by atoms with E-state index in [1.807, 2.05) is 0 Å². The van der Waals surface area contributed by atoms with Crippen molar-refractivity contribution in [3.8, 4) is 5.69 Å². The predicted octanol–water partition coefficient (Wildman–Crippen LogP) is 2.13. The number of carbonyl (C=O) groups is 2. The molecule has 0 spiro atoms. The number of fused-ring (bicyclic) bond motifs is 1. The lowest BCUT2D eigenvalue weighted by Crippen LogP contribution is -2.28. The molecule has 0 fully saturated rings. The van der Waals surface area contributed by atoms with Crippen LogP contribution in [0.2, 0.25) is 0 Å². The van der Waals surface area contributed by atoms with Crippen LogP contribution in [0.25, 0.3) is 16.6 Å². The van der Waals surface area contributed by atoms with Gasteiger partial charge in [-0.05, 0) is 43.7 Å². The zero-order valence-electron chi connectivity index (χ0n) is 17.7. The van der Waals surface area contributed by atoms with Crippen molar-refractivity contribution in [2.24, 2.45) is 7.05 Å². The number of hydrogen-bond acceptors (Lipinski definition) is 6. The normalized spacial score (nSPS) is 11.0. The highest BCUT2D eigenvalue weighted by Crippen LogP contribution is 2.22. The van der Waals surface area contributed by atoms with Crippen molar-refractivity contribution in [3.05, 3.63) is 91.9 Å². The zero-order valence-corrected chi connectivity index (χ0v) is 17.7. The number of benzene rings is 2. The molecule has 0 saturated heterocycles. The Morgan fingerprint density at radius 2 is 1.75 bits per heavy atom. The Labute approximate surface area is 181 Å². The molecule has 0 radical (unpaired) electrons. The maximum atomic E-state index is 13.6. The van der Waals surface area contributed by atoms with Gasteiger partial charge in [-0.1, -0.05) is 18.2 Å². The molecule has 162 valence electrons. The number of ketones is 1. The topological polar surface area (TPSA) is 116 Å². The molecule has 32 heavy (non-hydrogen) atoms. The molecule has 2 aromatic carbocycles. The van der Waals surface area contributed by atoms with Crippen molar-refractivity contribution >= 4 is 22.7 Å². The van der Waals surface area contributed by atoms with Gasteiger partial charge in [0.15, 0.2) is 5.78 Å². The van der Waals surface area contributed by atoms with E-state index in [1.165, 1.54) is 34.6 Å². The van der Waals surface area contributed by atoms with Crippen LogP contribution >= 0.6 is 0 Å². The summed E-state index contributed by atoms with van der Waals surface area (Å²) in [5.41, 5.74) is 0.247. The first-order valence-corrected chi connectivity index (χ1v) is 9.93. The lowest BCUT2D eigenvalue weighted by Gasteiger charge is -2.14. The monoisotopic (exact) mass is 432 g/mol. The van der Waals surface area contributed by atoms with Crippen LogP contribution in [0.4, 0.5) is 0 Å². The van der Waals surface area contributed by atoms with Gasteiger partial charge in [0.25, 0.3) is 11.1 Å². The average Bonchev–Trinajstić information content (AvgIpc) is 3.12. The van der Waals surface area contributed by atoms with Crippen LogP contribution in [-0.2, 0) is 11.8 Å². The van der Waals surface area contributed by atoms with E-state index in [9.17, 15) is 19.2 Å². The first-order valence-electron chi connectivity index (χ1n) is 9.93. The Morgan fingerprint density at radius 1 is 1.03 bits per heavy atom. The van der Waals surface area contributed by atoms with Crippen molar-refractivity contribution in [1.29, 1.82) is 0 Å². The number of aromatic amines is 1. The molecule has 0 atom stereocenters. The van der Waals surface area contributed by atoms with Crippen molar-refractivity contribution in [2.75, 3.05) is 6.61 Å². The van der Waals surface area contributed by atoms with Crippen LogP contribution < -0.4 is 11.1 Å². The summed E-state index contributed by atoms with van der Waals surface area (Å²) in [7, 11) is 1.51. The molecule has 0 aliphatic carbocycles. The van der Waals surface area contributed by atoms with E-state index in [1.54, 1.807) is 44.2 Å². The third-order valence-corrected chi connectivity index (χ3v) is 5.20. The number of para-hydroxylation sites is 1. The summed E-state index contributed by atoms with van der Waals surface area (Å²) in [6.45, 7) is 3.41. The maximum absolute atomic E-state index is 13.6. The molecule has 0 saturated carbocycles. The molecule has 0 aliphatic heterocycles. The van der Waals surface area contributed by atoms with Gasteiger partial charge in [0, 0.05) is 18.8 Å². The minimum absolute atomic E-state index is 0.0329. The number of carbonyl (C=O) groups excluding carboxylic acids is 2. The van der Waals surface area contributed by atoms with E-state index in [0.717, 1.165) is 0 Å². The molecule has 0 bridgehead atoms. The minimum atomic E-state index is -0.732. The summed E-state index contributed by atoms with van der Waals surface area (Å²) >= 11 is 0. The number of nitrogens with one attached hydrogen (secondary N) is 1. The smallest absolute Gasteiger partial charge is 0.375 e. The van der Waals surface area contributed by atoms with Crippen molar-refractivity contribution in [1.82, 2.24) is 19.3 Å². The summed E-state index contributed by atoms with van der Waals surface area (Å²) < 4.78 is 7.47. The van der Waals surface area contributed by atoms with Gasteiger partial charge in [0.1, 0.15) is 5.56 Å². The number of H-pyrrole nitrogens is 1. The Morgan fingerprint density at radius 3 is 2.38 bits per heavy atom. The zero-order chi connectivity index (χ0) is 23.0. The van der Waals surface area contributed by atoms with Crippen LogP contribution in [0, 0.1) is 6.92 Å². The molecule has 4 rings (SSSR count). The number of hydrogen-bond donors (Lipinski definition) is 1. The van der Waals surface area contributed by atoms with Gasteiger partial charge in [-0.15, -0.1) is 0 Å². The fourth-order valence-corrected chi connectivity index (χ4v) is 3.60. The first kappa shape index (κ1) is 21.0. The van der Waals surface area contributed by atoms with Crippen molar-refractivity contribution < 1.29 is 14.3 Å². The van der Waals surface area contributed by atoms with Gasteiger partial charge in [-0.3, -0.25) is 23.6 Å². The second-order valence-corrected chi connectivity index (χ2v) is 7.14. The first-order chi connectivity index (χ1) is 15.3. The minimum Gasteiger partial charge on any atom is -0.460 e. The molecule has 0 unspecified atom stereocenters. The van der Waals surface area contributed by atoms with Gasteiger partial charge >= 0.3 is 5.97 Å². The number of rotatable bonds is 5. The average molecular weight is 432 g/mol. The molecule has 1 N–H and O–H groups in total. The van der Waals surface area contributed by atoms with Gasteiger partial charge < -0.3 is 9.84 Å². The molecule has 2 aromatic heterocycles. The highest BCUT2D eigenvalue weighted by atomic mass is 16.5. The molecular formula is C23H20N4O5. The van der Waals surface area contributed by atoms with Crippen molar-refractivity contribution in [3.63, 3.8) is 0 Å². The summed E-state index contributed by atoms with van der Waals surface area (Å²) in [5.74, 6) is -1.40. The van der Waals surface area contributed by atoms with E-state index in [4.69, 9.17) is 4.74 Å². The Balaban J connectivity index is 2.01. The van der Waals surface area contributed by atoms with Crippen LogP contribution in [0.3, 0.4) is 0 Å². The third kappa shape index (κ3) is 3.33. The lowest BCUT2D eigenvalue weighted by molar-refractivity contribution is 0.0508. The summed E-state index contributed by atoms with van der Waals surface area (Å²) in [5, 5.41) is 2.85. The maximum Gasteiger partial charge on any atom is 0.375 e.